The topological polar surface area (TPSA) is 38.0 Å². The van der Waals surface area contributed by atoms with Crippen molar-refractivity contribution >= 4 is 80.8 Å². The minimum Gasteiger partial charge on any atom is -0.309 e. The first-order valence-electron chi connectivity index (χ1n) is 14.4. The number of hydrogen-bond acceptors (Lipinski definition) is 2. The van der Waals surface area contributed by atoms with Gasteiger partial charge in [-0.2, -0.15) is 5.26 Å². The van der Waals surface area contributed by atoms with Gasteiger partial charge in [0.15, 0.2) is 5.69 Å². The van der Waals surface area contributed by atoms with Crippen LogP contribution in [0.5, 0.6) is 0 Å². The zero-order valence-corrected chi connectivity index (χ0v) is 24.5. The minimum absolute atomic E-state index is 0.636. The van der Waals surface area contributed by atoms with Gasteiger partial charge >= 0.3 is 0 Å². The summed E-state index contributed by atoms with van der Waals surface area (Å²) in [5.41, 5.74) is 9.00. The molecule has 0 aliphatic heterocycles. The Hall–Kier alpha value is -5.88. The van der Waals surface area contributed by atoms with Crippen molar-refractivity contribution in [2.45, 2.75) is 6.92 Å². The second-order valence-electron chi connectivity index (χ2n) is 11.3. The fourth-order valence-electron chi connectivity index (χ4n) is 6.88. The molecule has 9 rings (SSSR count). The molecule has 0 amide bonds. The lowest BCUT2D eigenvalue weighted by atomic mass is 10.1. The lowest BCUT2D eigenvalue weighted by Crippen LogP contribution is -1.95. The third-order valence-electron chi connectivity index (χ3n) is 8.79. The number of benzene rings is 6. The quantitative estimate of drug-likeness (QED) is 0.188. The summed E-state index contributed by atoms with van der Waals surface area (Å²) >= 11 is 1.67. The summed E-state index contributed by atoms with van der Waals surface area (Å²) in [4.78, 5) is 3.68. The molecule has 204 valence electrons. The van der Waals surface area contributed by atoms with Gasteiger partial charge in [-0.25, -0.2) is 4.85 Å². The molecule has 5 heteroatoms. The van der Waals surface area contributed by atoms with E-state index >= 15 is 0 Å². The molecule has 0 atom stereocenters. The monoisotopic (exact) mass is 578 g/mol. The molecular formula is C39H22N4S. The summed E-state index contributed by atoms with van der Waals surface area (Å²) in [6.45, 7) is 9.67. The van der Waals surface area contributed by atoms with Crippen LogP contribution in [0.25, 0.3) is 80.0 Å². The van der Waals surface area contributed by atoms with Gasteiger partial charge in [0.05, 0.1) is 38.9 Å². The molecule has 0 radical (unpaired) electrons. The maximum atomic E-state index is 10.4. The van der Waals surface area contributed by atoms with Crippen molar-refractivity contribution in [1.29, 1.82) is 5.26 Å². The molecule has 0 bridgehead atoms. The predicted molar refractivity (Wildman–Crippen MR) is 184 cm³/mol. The number of rotatable bonds is 2. The minimum atomic E-state index is 0.636. The number of nitrogens with zero attached hydrogens (tertiary/aromatic N) is 4. The molecule has 0 aliphatic carbocycles. The van der Waals surface area contributed by atoms with Crippen LogP contribution in [0, 0.1) is 24.8 Å². The maximum absolute atomic E-state index is 10.4. The van der Waals surface area contributed by atoms with Gasteiger partial charge in [0.1, 0.15) is 6.07 Å². The van der Waals surface area contributed by atoms with Crippen molar-refractivity contribution < 1.29 is 0 Å². The molecule has 0 aliphatic rings. The molecule has 0 saturated heterocycles. The van der Waals surface area contributed by atoms with Gasteiger partial charge in [-0.1, -0.05) is 54.1 Å². The first kappa shape index (κ1) is 24.7. The Kier molecular flexibility index (Phi) is 5.08. The van der Waals surface area contributed by atoms with E-state index in [9.17, 15) is 5.26 Å². The molecule has 9 aromatic rings. The predicted octanol–water partition coefficient (Wildman–Crippen LogP) is 11.0. The summed E-state index contributed by atoms with van der Waals surface area (Å²) in [5, 5.41) is 17.2. The van der Waals surface area contributed by atoms with Crippen LogP contribution in [0.4, 0.5) is 5.69 Å². The number of aryl methyl sites for hydroxylation is 1. The van der Waals surface area contributed by atoms with Crippen LogP contribution < -0.4 is 0 Å². The van der Waals surface area contributed by atoms with Crippen LogP contribution >= 0.6 is 11.3 Å². The second-order valence-corrected chi connectivity index (χ2v) is 12.4. The second kappa shape index (κ2) is 9.06. The fraction of sp³-hybridized carbons (Fsp3) is 0.0256. The molecule has 4 nitrogen and oxygen atoms in total. The van der Waals surface area contributed by atoms with E-state index in [2.05, 4.69) is 118 Å². The number of para-hydroxylation sites is 2. The van der Waals surface area contributed by atoms with Crippen molar-refractivity contribution in [1.82, 2.24) is 9.13 Å². The van der Waals surface area contributed by atoms with E-state index in [0.29, 0.717) is 11.3 Å². The van der Waals surface area contributed by atoms with Crippen LogP contribution in [-0.4, -0.2) is 9.13 Å². The van der Waals surface area contributed by atoms with Crippen molar-refractivity contribution in [3.8, 4) is 17.4 Å². The van der Waals surface area contributed by atoms with E-state index in [4.69, 9.17) is 6.57 Å². The Balaban J connectivity index is 1.35. The van der Waals surface area contributed by atoms with Crippen molar-refractivity contribution in [3.05, 3.63) is 138 Å². The van der Waals surface area contributed by atoms with Gasteiger partial charge in [-0.15, -0.1) is 11.3 Å². The smallest absolute Gasteiger partial charge is 0.188 e. The van der Waals surface area contributed by atoms with Crippen LogP contribution in [0.2, 0.25) is 0 Å². The van der Waals surface area contributed by atoms with E-state index in [1.54, 1.807) is 11.3 Å². The number of nitriles is 1. The van der Waals surface area contributed by atoms with Crippen LogP contribution in [-0.2, 0) is 0 Å². The summed E-state index contributed by atoms with van der Waals surface area (Å²) < 4.78 is 6.72. The molecule has 44 heavy (non-hydrogen) atoms. The zero-order valence-electron chi connectivity index (χ0n) is 23.7. The third kappa shape index (κ3) is 3.36. The van der Waals surface area contributed by atoms with Crippen molar-refractivity contribution in [2.24, 2.45) is 0 Å². The van der Waals surface area contributed by atoms with Gasteiger partial charge < -0.3 is 9.13 Å². The largest absolute Gasteiger partial charge is 0.309 e. The van der Waals surface area contributed by atoms with E-state index in [-0.39, 0.29) is 0 Å². The number of aromatic nitrogens is 2. The standard InChI is InChI=1S/C39H22N4S/c1-23-11-14-36-30(17-23)28-7-3-6-10-35(28)43(36)27-18-24(22-40)39-33(21-27)32-20-26(13-16-38(32)44-39)42-34-9-5-4-8-29(34)31-19-25(41-2)12-15-37(31)42/h3-21H,1H3. The van der Waals surface area contributed by atoms with Crippen LogP contribution in [0.3, 0.4) is 0 Å². The molecule has 0 spiro atoms. The highest BCUT2D eigenvalue weighted by atomic mass is 32.1. The van der Waals surface area contributed by atoms with E-state index in [0.717, 1.165) is 64.4 Å². The number of fused-ring (bicyclic) bond motifs is 9. The molecule has 0 N–H and O–H groups in total. The average Bonchev–Trinajstić information content (AvgIpc) is 3.71. The third-order valence-corrected chi connectivity index (χ3v) is 10.0. The molecular weight excluding hydrogens is 557 g/mol. The Labute approximate surface area is 256 Å². The highest BCUT2D eigenvalue weighted by molar-refractivity contribution is 7.26. The molecule has 0 saturated carbocycles. The zero-order chi connectivity index (χ0) is 29.5. The van der Waals surface area contributed by atoms with E-state index in [1.807, 2.05) is 24.3 Å². The Morgan fingerprint density at radius 1 is 0.614 bits per heavy atom. The lowest BCUT2D eigenvalue weighted by molar-refractivity contribution is 1.18. The van der Waals surface area contributed by atoms with Gasteiger partial charge in [-0.05, 0) is 79.0 Å². The summed E-state index contributed by atoms with van der Waals surface area (Å²) in [6.07, 6.45) is 0. The Morgan fingerprint density at radius 2 is 1.25 bits per heavy atom. The van der Waals surface area contributed by atoms with E-state index < -0.39 is 0 Å². The summed E-state index contributed by atoms with van der Waals surface area (Å²) in [7, 11) is 0. The van der Waals surface area contributed by atoms with Crippen molar-refractivity contribution in [2.75, 3.05) is 0 Å². The van der Waals surface area contributed by atoms with Crippen LogP contribution in [0.15, 0.2) is 115 Å². The normalized spacial score (nSPS) is 11.7. The van der Waals surface area contributed by atoms with Crippen molar-refractivity contribution in [3.63, 3.8) is 0 Å². The fourth-order valence-corrected chi connectivity index (χ4v) is 8.00. The summed E-state index contributed by atoms with van der Waals surface area (Å²) in [5.74, 6) is 0. The molecule has 0 unspecified atom stereocenters. The lowest BCUT2D eigenvalue weighted by Gasteiger charge is -2.10. The van der Waals surface area contributed by atoms with Crippen LogP contribution in [0.1, 0.15) is 11.1 Å². The highest BCUT2D eigenvalue weighted by Gasteiger charge is 2.18. The average molecular weight is 579 g/mol. The van der Waals surface area contributed by atoms with E-state index in [1.165, 1.54) is 16.3 Å². The SMILES string of the molecule is [C-]#[N+]c1ccc2c(c1)c1ccccc1n2-c1ccc2sc3c(C#N)cc(-n4c5ccccc5c5cc(C)ccc54)cc3c2c1. The van der Waals surface area contributed by atoms with Gasteiger partial charge in [-0.3, -0.25) is 0 Å². The Bertz CT molecular complexity index is 2760. The Morgan fingerprint density at radius 3 is 1.98 bits per heavy atom. The first-order valence-corrected chi connectivity index (χ1v) is 15.3. The van der Waals surface area contributed by atoms with Gasteiger partial charge in [0, 0.05) is 43.0 Å². The van der Waals surface area contributed by atoms with Gasteiger partial charge in [0.25, 0.3) is 0 Å². The molecule has 3 heterocycles. The number of thiophene rings is 1. The number of hydrogen-bond donors (Lipinski definition) is 0. The van der Waals surface area contributed by atoms with Gasteiger partial charge in [0.2, 0.25) is 0 Å². The maximum Gasteiger partial charge on any atom is 0.188 e. The molecule has 0 fully saturated rings. The summed E-state index contributed by atoms with van der Waals surface area (Å²) in [6, 6.07) is 42.8. The highest BCUT2D eigenvalue weighted by Crippen LogP contribution is 2.42. The molecule has 6 aromatic carbocycles. The first-order chi connectivity index (χ1) is 21.6. The molecule has 3 aromatic heterocycles.